The highest BCUT2D eigenvalue weighted by molar-refractivity contribution is 7.86. The third kappa shape index (κ3) is 2.00. The van der Waals surface area contributed by atoms with Crippen LogP contribution >= 0.6 is 0 Å². The molecule has 1 atom stereocenters. The van der Waals surface area contributed by atoms with Crippen LogP contribution < -0.4 is 0 Å². The molecule has 1 aromatic carbocycles. The number of hydrogen-bond acceptors (Lipinski definition) is 3. The molecule has 92 valence electrons. The van der Waals surface area contributed by atoms with Crippen molar-refractivity contribution in [1.82, 2.24) is 0 Å². The summed E-state index contributed by atoms with van der Waals surface area (Å²) in [7, 11) is -3.57. The first kappa shape index (κ1) is 11.2. The molecule has 0 heterocycles. The van der Waals surface area contributed by atoms with Gasteiger partial charge < -0.3 is 0 Å². The summed E-state index contributed by atoms with van der Waals surface area (Å²) in [6.45, 7) is 1.93. The van der Waals surface area contributed by atoms with E-state index in [1.807, 2.05) is 6.92 Å². The predicted molar refractivity (Wildman–Crippen MR) is 64.1 cm³/mol. The Labute approximate surface area is 102 Å². The third-order valence-corrected chi connectivity index (χ3v) is 5.27. The molecule has 4 rings (SSSR count). The molecule has 3 aliphatic carbocycles. The highest BCUT2D eigenvalue weighted by atomic mass is 32.2. The molecule has 3 nitrogen and oxygen atoms in total. The molecule has 3 fully saturated rings. The van der Waals surface area contributed by atoms with E-state index < -0.39 is 10.1 Å². The van der Waals surface area contributed by atoms with Crippen molar-refractivity contribution in [1.29, 1.82) is 0 Å². The van der Waals surface area contributed by atoms with Crippen molar-refractivity contribution in [2.24, 2.45) is 11.8 Å². The molecule has 3 aliphatic rings. The largest absolute Gasteiger partial charge is 0.297 e. The first-order valence-corrected chi connectivity index (χ1v) is 7.45. The van der Waals surface area contributed by atoms with E-state index in [0.717, 1.165) is 24.8 Å². The minimum atomic E-state index is -3.57. The Hall–Kier alpha value is -0.870. The van der Waals surface area contributed by atoms with E-state index in [-0.39, 0.29) is 11.0 Å². The van der Waals surface area contributed by atoms with E-state index >= 15 is 0 Å². The van der Waals surface area contributed by atoms with Crippen LogP contribution in [0.25, 0.3) is 0 Å². The van der Waals surface area contributed by atoms with Crippen LogP contribution in [-0.4, -0.2) is 14.5 Å². The maximum Gasteiger partial charge on any atom is 0.297 e. The summed E-state index contributed by atoms with van der Waals surface area (Å²) in [5.41, 5.74) is 1.05. The first-order chi connectivity index (χ1) is 8.04. The van der Waals surface area contributed by atoms with Gasteiger partial charge in [-0.1, -0.05) is 17.7 Å². The lowest BCUT2D eigenvalue weighted by atomic mass is 9.84. The summed E-state index contributed by atoms with van der Waals surface area (Å²) in [6, 6.07) is 6.82. The van der Waals surface area contributed by atoms with Gasteiger partial charge in [0.15, 0.2) is 0 Å². The highest BCUT2D eigenvalue weighted by Crippen LogP contribution is 2.50. The maximum atomic E-state index is 12.0. The summed E-state index contributed by atoms with van der Waals surface area (Å²) in [6.07, 6.45) is 3.13. The fourth-order valence-electron chi connectivity index (χ4n) is 2.85. The molecule has 2 bridgehead atoms. The van der Waals surface area contributed by atoms with Crippen molar-refractivity contribution < 1.29 is 12.6 Å². The number of benzene rings is 1. The van der Waals surface area contributed by atoms with E-state index in [0.29, 0.717) is 11.8 Å². The average molecular weight is 252 g/mol. The molecule has 0 aromatic heterocycles. The van der Waals surface area contributed by atoms with Gasteiger partial charge in [0.25, 0.3) is 10.1 Å². The van der Waals surface area contributed by atoms with Crippen molar-refractivity contribution in [3.05, 3.63) is 29.8 Å². The van der Waals surface area contributed by atoms with Gasteiger partial charge in [-0.25, -0.2) is 0 Å². The monoisotopic (exact) mass is 252 g/mol. The van der Waals surface area contributed by atoms with Crippen LogP contribution in [0.4, 0.5) is 0 Å². The maximum absolute atomic E-state index is 12.0. The Kier molecular flexibility index (Phi) is 2.52. The minimum absolute atomic E-state index is 0.0775. The first-order valence-electron chi connectivity index (χ1n) is 6.04. The summed E-state index contributed by atoms with van der Waals surface area (Å²) in [4.78, 5) is 0.271. The molecule has 17 heavy (non-hydrogen) atoms. The number of rotatable bonds is 3. The van der Waals surface area contributed by atoms with Crippen molar-refractivity contribution >= 4 is 10.1 Å². The van der Waals surface area contributed by atoms with Crippen molar-refractivity contribution in [2.75, 3.05) is 0 Å². The van der Waals surface area contributed by atoms with Crippen LogP contribution in [0.5, 0.6) is 0 Å². The van der Waals surface area contributed by atoms with Gasteiger partial charge in [0, 0.05) is 0 Å². The van der Waals surface area contributed by atoms with Gasteiger partial charge in [0.1, 0.15) is 0 Å². The Morgan fingerprint density at radius 1 is 1.12 bits per heavy atom. The summed E-state index contributed by atoms with van der Waals surface area (Å²) < 4.78 is 29.4. The Balaban J connectivity index is 1.78. The smallest absolute Gasteiger partial charge is 0.263 e. The standard InChI is InChI=1S/C13H16O3S/c1-9-2-4-12(5-3-9)17(14,15)16-13-8-10-6-11(13)7-10/h2-5,10-11,13H,6-8H2,1H3. The number of hydrogen-bond donors (Lipinski definition) is 0. The van der Waals surface area contributed by atoms with Crippen LogP contribution in [0.2, 0.25) is 0 Å². The van der Waals surface area contributed by atoms with E-state index in [1.165, 1.54) is 0 Å². The van der Waals surface area contributed by atoms with E-state index in [4.69, 9.17) is 4.18 Å². The lowest BCUT2D eigenvalue weighted by Crippen LogP contribution is -2.22. The van der Waals surface area contributed by atoms with Gasteiger partial charge in [0.05, 0.1) is 11.0 Å². The zero-order valence-electron chi connectivity index (χ0n) is 9.80. The summed E-state index contributed by atoms with van der Waals surface area (Å²) >= 11 is 0. The molecule has 1 aromatic rings. The Bertz CT molecular complexity index is 512. The van der Waals surface area contributed by atoms with Crippen molar-refractivity contribution in [3.8, 4) is 0 Å². The van der Waals surface area contributed by atoms with Crippen LogP contribution in [0.15, 0.2) is 29.2 Å². The van der Waals surface area contributed by atoms with E-state index in [2.05, 4.69) is 0 Å². The zero-order valence-corrected chi connectivity index (χ0v) is 10.6. The van der Waals surface area contributed by atoms with E-state index in [9.17, 15) is 8.42 Å². The fraction of sp³-hybridized carbons (Fsp3) is 0.538. The summed E-state index contributed by atoms with van der Waals surface area (Å²) in [5.74, 6) is 1.18. The molecule has 0 aliphatic heterocycles. The lowest BCUT2D eigenvalue weighted by molar-refractivity contribution is 0.162. The number of fused-ring (bicyclic) bond motifs is 1. The van der Waals surface area contributed by atoms with Gasteiger partial charge >= 0.3 is 0 Å². The topological polar surface area (TPSA) is 43.4 Å². The van der Waals surface area contributed by atoms with Gasteiger partial charge in [-0.2, -0.15) is 8.42 Å². The molecule has 0 N–H and O–H groups in total. The van der Waals surface area contributed by atoms with Gasteiger partial charge in [0.2, 0.25) is 0 Å². The van der Waals surface area contributed by atoms with Gasteiger partial charge in [-0.05, 0) is 50.2 Å². The number of aryl methyl sites for hydroxylation is 1. The molecule has 0 radical (unpaired) electrons. The molecule has 0 spiro atoms. The zero-order chi connectivity index (χ0) is 12.0. The molecule has 3 saturated carbocycles. The summed E-state index contributed by atoms with van der Waals surface area (Å²) in [5, 5.41) is 0. The minimum Gasteiger partial charge on any atom is -0.263 e. The lowest BCUT2D eigenvalue weighted by Gasteiger charge is -2.23. The van der Waals surface area contributed by atoms with Crippen LogP contribution in [0.1, 0.15) is 24.8 Å². The van der Waals surface area contributed by atoms with Crippen LogP contribution in [-0.2, 0) is 14.3 Å². The second kappa shape index (κ2) is 3.82. The predicted octanol–water partition coefficient (Wildman–Crippen LogP) is 2.50. The molecule has 0 saturated heterocycles. The fourth-order valence-corrected chi connectivity index (χ4v) is 3.99. The van der Waals surface area contributed by atoms with Gasteiger partial charge in [-0.15, -0.1) is 0 Å². The highest BCUT2D eigenvalue weighted by Gasteiger charge is 2.46. The molecule has 1 unspecified atom stereocenters. The molecule has 4 heteroatoms. The van der Waals surface area contributed by atoms with E-state index in [1.54, 1.807) is 24.3 Å². The quantitative estimate of drug-likeness (QED) is 0.776. The SMILES string of the molecule is Cc1ccc(S(=O)(=O)OC2CC3CC2C3)cc1. The van der Waals surface area contributed by atoms with Crippen molar-refractivity contribution in [2.45, 2.75) is 37.2 Å². The third-order valence-electron chi connectivity index (χ3n) is 3.92. The second-order valence-corrected chi connectivity index (χ2v) is 6.81. The molecule has 0 amide bonds. The molecular formula is C13H16O3S. The van der Waals surface area contributed by atoms with Crippen molar-refractivity contribution in [3.63, 3.8) is 0 Å². The van der Waals surface area contributed by atoms with Crippen LogP contribution in [0.3, 0.4) is 0 Å². The Morgan fingerprint density at radius 3 is 2.29 bits per heavy atom. The average Bonchev–Trinajstić information content (AvgIpc) is 2.75. The van der Waals surface area contributed by atoms with Crippen LogP contribution in [0, 0.1) is 18.8 Å². The normalized spacial score (nSPS) is 31.2. The second-order valence-electron chi connectivity index (χ2n) is 5.24. The Morgan fingerprint density at radius 2 is 1.76 bits per heavy atom. The molecular weight excluding hydrogens is 236 g/mol. The van der Waals surface area contributed by atoms with Gasteiger partial charge in [-0.3, -0.25) is 4.18 Å².